The minimum Gasteiger partial charge on any atom is -0.481 e. The minimum absolute atomic E-state index is 0.179. The third kappa shape index (κ3) is 3.00. The summed E-state index contributed by atoms with van der Waals surface area (Å²) in [4.78, 5) is 27.9. The summed E-state index contributed by atoms with van der Waals surface area (Å²) >= 11 is 1.48. The minimum atomic E-state index is -0.874. The third-order valence-corrected chi connectivity index (χ3v) is 4.95. The number of nitrogens with zero attached hydrogens (tertiary/aromatic N) is 1. The monoisotopic (exact) mass is 296 g/mol. The summed E-state index contributed by atoms with van der Waals surface area (Å²) in [5.74, 6) is -1.79. The Morgan fingerprint density at radius 1 is 1.40 bits per heavy atom. The van der Waals surface area contributed by atoms with Crippen LogP contribution in [0, 0.1) is 17.8 Å². The van der Waals surface area contributed by atoms with E-state index in [1.807, 2.05) is 26.2 Å². The summed E-state index contributed by atoms with van der Waals surface area (Å²) in [6, 6.07) is 0. The van der Waals surface area contributed by atoms with Gasteiger partial charge in [-0.2, -0.15) is 0 Å². The highest BCUT2D eigenvalue weighted by Gasteiger charge is 2.42. The predicted molar refractivity (Wildman–Crippen MR) is 76.3 cm³/mol. The second kappa shape index (κ2) is 5.52. The van der Waals surface area contributed by atoms with Gasteiger partial charge in [-0.05, 0) is 32.6 Å². The number of carbonyl (C=O) groups excluding carboxylic acids is 1. The first-order valence-corrected chi connectivity index (χ1v) is 7.64. The van der Waals surface area contributed by atoms with E-state index in [0.717, 1.165) is 5.01 Å². The first-order valence-electron chi connectivity index (χ1n) is 6.76. The lowest BCUT2D eigenvalue weighted by atomic mass is 9.94. The van der Waals surface area contributed by atoms with Gasteiger partial charge in [0.2, 0.25) is 5.91 Å². The Balaban J connectivity index is 2.10. The van der Waals surface area contributed by atoms with Crippen molar-refractivity contribution in [3.8, 4) is 0 Å². The van der Waals surface area contributed by atoms with E-state index >= 15 is 0 Å². The van der Waals surface area contributed by atoms with Crippen LogP contribution < -0.4 is 5.32 Å². The van der Waals surface area contributed by atoms with Gasteiger partial charge in [0.1, 0.15) is 5.01 Å². The number of hydrogen-bond donors (Lipinski definition) is 2. The van der Waals surface area contributed by atoms with Crippen LogP contribution in [0.15, 0.2) is 11.6 Å². The fourth-order valence-corrected chi connectivity index (χ4v) is 3.56. The standard InChI is InChI=1S/C14H20N2O3S/c1-8-6-9(10(7-8)12(18)19)11(17)16-14(2,3)13-15-4-5-20-13/h4-5,8-10H,6-7H2,1-3H3,(H,16,17)(H,18,19). The molecule has 6 heteroatoms. The lowest BCUT2D eigenvalue weighted by molar-refractivity contribution is -0.146. The molecular weight excluding hydrogens is 276 g/mol. The Morgan fingerprint density at radius 2 is 2.05 bits per heavy atom. The number of aliphatic carboxylic acids is 1. The summed E-state index contributed by atoms with van der Waals surface area (Å²) in [6.45, 7) is 5.77. The lowest BCUT2D eigenvalue weighted by Gasteiger charge is -2.26. The zero-order chi connectivity index (χ0) is 14.9. The van der Waals surface area contributed by atoms with Gasteiger partial charge in [0, 0.05) is 11.6 Å². The van der Waals surface area contributed by atoms with E-state index in [9.17, 15) is 14.7 Å². The van der Waals surface area contributed by atoms with E-state index in [1.54, 1.807) is 6.20 Å². The maximum Gasteiger partial charge on any atom is 0.307 e. The number of carboxylic acid groups (broad SMARTS) is 1. The molecule has 20 heavy (non-hydrogen) atoms. The number of nitrogens with one attached hydrogen (secondary N) is 1. The van der Waals surface area contributed by atoms with Crippen LogP contribution in [-0.2, 0) is 15.1 Å². The van der Waals surface area contributed by atoms with E-state index in [2.05, 4.69) is 10.3 Å². The highest BCUT2D eigenvalue weighted by atomic mass is 32.1. The molecule has 0 aliphatic heterocycles. The Morgan fingerprint density at radius 3 is 2.60 bits per heavy atom. The zero-order valence-corrected chi connectivity index (χ0v) is 12.7. The maximum absolute atomic E-state index is 12.4. The van der Waals surface area contributed by atoms with Gasteiger partial charge in [-0.15, -0.1) is 11.3 Å². The van der Waals surface area contributed by atoms with Gasteiger partial charge in [-0.3, -0.25) is 9.59 Å². The molecule has 3 atom stereocenters. The van der Waals surface area contributed by atoms with Crippen LogP contribution in [0.5, 0.6) is 0 Å². The van der Waals surface area contributed by atoms with Crippen molar-refractivity contribution in [1.29, 1.82) is 0 Å². The van der Waals surface area contributed by atoms with Crippen molar-refractivity contribution in [1.82, 2.24) is 10.3 Å². The van der Waals surface area contributed by atoms with E-state index in [-0.39, 0.29) is 11.8 Å². The Bertz CT molecular complexity index is 499. The van der Waals surface area contributed by atoms with Crippen molar-refractivity contribution in [2.24, 2.45) is 17.8 Å². The number of hydrogen-bond acceptors (Lipinski definition) is 4. The van der Waals surface area contributed by atoms with Crippen LogP contribution in [0.3, 0.4) is 0 Å². The average Bonchev–Trinajstić information content (AvgIpc) is 2.96. The lowest BCUT2D eigenvalue weighted by Crippen LogP contribution is -2.45. The van der Waals surface area contributed by atoms with Gasteiger partial charge in [-0.1, -0.05) is 6.92 Å². The van der Waals surface area contributed by atoms with E-state index in [1.165, 1.54) is 11.3 Å². The molecule has 0 aromatic carbocycles. The summed E-state index contributed by atoms with van der Waals surface area (Å²) in [6.07, 6.45) is 2.91. The molecule has 1 amide bonds. The summed E-state index contributed by atoms with van der Waals surface area (Å²) < 4.78 is 0. The molecule has 5 nitrogen and oxygen atoms in total. The molecular formula is C14H20N2O3S. The largest absolute Gasteiger partial charge is 0.481 e. The SMILES string of the molecule is CC1CC(C(=O)O)C(C(=O)NC(C)(C)c2nccs2)C1. The van der Waals surface area contributed by atoms with Crippen LogP contribution in [0.4, 0.5) is 0 Å². The zero-order valence-electron chi connectivity index (χ0n) is 11.9. The number of carbonyl (C=O) groups is 2. The molecule has 3 unspecified atom stereocenters. The smallest absolute Gasteiger partial charge is 0.307 e. The second-order valence-corrected chi connectivity index (χ2v) is 6.97. The molecule has 2 N–H and O–H groups in total. The molecule has 1 fully saturated rings. The summed E-state index contributed by atoms with van der Waals surface area (Å²) in [5.41, 5.74) is -0.569. The van der Waals surface area contributed by atoms with Gasteiger partial charge >= 0.3 is 5.97 Å². The van der Waals surface area contributed by atoms with Crippen molar-refractivity contribution >= 4 is 23.2 Å². The van der Waals surface area contributed by atoms with Crippen LogP contribution in [-0.4, -0.2) is 22.0 Å². The maximum atomic E-state index is 12.4. The van der Waals surface area contributed by atoms with Crippen molar-refractivity contribution in [3.63, 3.8) is 0 Å². The third-order valence-electron chi connectivity index (χ3n) is 3.85. The molecule has 1 aliphatic rings. The normalized spacial score (nSPS) is 26.4. The molecule has 1 aromatic heterocycles. The molecule has 0 saturated heterocycles. The van der Waals surface area contributed by atoms with Gasteiger partial charge < -0.3 is 10.4 Å². The first-order chi connectivity index (χ1) is 9.31. The fraction of sp³-hybridized carbons (Fsp3) is 0.643. The first kappa shape index (κ1) is 15.0. The Hall–Kier alpha value is -1.43. The molecule has 1 aromatic rings. The van der Waals surface area contributed by atoms with Gasteiger partial charge in [0.15, 0.2) is 0 Å². The number of rotatable bonds is 4. The van der Waals surface area contributed by atoms with Crippen LogP contribution >= 0.6 is 11.3 Å². The van der Waals surface area contributed by atoms with E-state index in [4.69, 9.17) is 0 Å². The Labute approximate surface area is 122 Å². The topological polar surface area (TPSA) is 79.3 Å². The quantitative estimate of drug-likeness (QED) is 0.893. The molecule has 1 heterocycles. The molecule has 1 aliphatic carbocycles. The van der Waals surface area contributed by atoms with Gasteiger partial charge in [0.05, 0.1) is 17.4 Å². The summed E-state index contributed by atoms with van der Waals surface area (Å²) in [7, 11) is 0. The molecule has 0 spiro atoms. The number of aromatic nitrogens is 1. The van der Waals surface area contributed by atoms with E-state index in [0.29, 0.717) is 12.8 Å². The highest BCUT2D eigenvalue weighted by Crippen LogP contribution is 2.37. The fourth-order valence-electron chi connectivity index (χ4n) is 2.84. The predicted octanol–water partition coefficient (Wildman–Crippen LogP) is 2.24. The summed E-state index contributed by atoms with van der Waals surface area (Å²) in [5, 5.41) is 14.9. The van der Waals surface area contributed by atoms with Crippen LogP contribution in [0.25, 0.3) is 0 Å². The number of thiazole rings is 1. The molecule has 0 radical (unpaired) electrons. The van der Waals surface area contributed by atoms with E-state index < -0.39 is 23.3 Å². The number of amides is 1. The van der Waals surface area contributed by atoms with Crippen molar-refractivity contribution in [3.05, 3.63) is 16.6 Å². The molecule has 0 bridgehead atoms. The molecule has 1 saturated carbocycles. The molecule has 2 rings (SSSR count). The van der Waals surface area contributed by atoms with Gasteiger partial charge in [-0.25, -0.2) is 4.98 Å². The van der Waals surface area contributed by atoms with Crippen molar-refractivity contribution < 1.29 is 14.7 Å². The second-order valence-electron chi connectivity index (χ2n) is 6.08. The van der Waals surface area contributed by atoms with Gasteiger partial charge in [0.25, 0.3) is 0 Å². The molecule has 110 valence electrons. The van der Waals surface area contributed by atoms with Crippen molar-refractivity contribution in [2.45, 2.75) is 39.2 Å². The Kier molecular flexibility index (Phi) is 4.13. The average molecular weight is 296 g/mol. The highest BCUT2D eigenvalue weighted by molar-refractivity contribution is 7.09. The van der Waals surface area contributed by atoms with Crippen LogP contribution in [0.1, 0.15) is 38.6 Å². The number of carboxylic acids is 1. The van der Waals surface area contributed by atoms with Crippen LogP contribution in [0.2, 0.25) is 0 Å². The van der Waals surface area contributed by atoms with Crippen molar-refractivity contribution in [2.75, 3.05) is 0 Å².